The highest BCUT2D eigenvalue weighted by atomic mass is 16.2. The molecule has 1 aliphatic rings. The van der Waals surface area contributed by atoms with Gasteiger partial charge in [-0.15, -0.1) is 0 Å². The van der Waals surface area contributed by atoms with Crippen LogP contribution in [0.4, 0.5) is 0 Å². The second-order valence-electron chi connectivity index (χ2n) is 7.11. The summed E-state index contributed by atoms with van der Waals surface area (Å²) in [7, 11) is 0. The lowest BCUT2D eigenvalue weighted by Gasteiger charge is -2.12. The van der Waals surface area contributed by atoms with E-state index in [1.807, 2.05) is 50.2 Å². The maximum atomic E-state index is 12.8. The van der Waals surface area contributed by atoms with Crippen LogP contribution in [0, 0.1) is 19.8 Å². The summed E-state index contributed by atoms with van der Waals surface area (Å²) < 4.78 is 0. The van der Waals surface area contributed by atoms with Gasteiger partial charge in [0.2, 0.25) is 5.91 Å². The summed E-state index contributed by atoms with van der Waals surface area (Å²) >= 11 is 0. The molecule has 3 aromatic rings. The third kappa shape index (κ3) is 3.53. The number of rotatable bonds is 3. The van der Waals surface area contributed by atoms with Gasteiger partial charge < -0.3 is 0 Å². The molecule has 27 heavy (non-hydrogen) atoms. The Morgan fingerprint density at radius 2 is 1.78 bits per heavy atom. The van der Waals surface area contributed by atoms with Crippen molar-refractivity contribution in [1.29, 1.82) is 0 Å². The maximum Gasteiger partial charge on any atom is 0.270 e. The number of nitrogens with one attached hydrogen (secondary N) is 2. The van der Waals surface area contributed by atoms with Gasteiger partial charge in [-0.2, -0.15) is 0 Å². The molecule has 2 aromatic carbocycles. The van der Waals surface area contributed by atoms with Gasteiger partial charge in [-0.25, -0.2) is 4.98 Å². The number of carbonyl (C=O) groups is 2. The summed E-state index contributed by atoms with van der Waals surface area (Å²) in [5, 5.41) is 0.754. The molecular weight excluding hydrogens is 338 g/mol. The lowest BCUT2D eigenvalue weighted by Crippen LogP contribution is -2.42. The maximum absolute atomic E-state index is 12.8. The Morgan fingerprint density at radius 1 is 1.00 bits per heavy atom. The number of hydrogen-bond donors (Lipinski definition) is 2. The molecule has 0 aliphatic heterocycles. The predicted octanol–water partition coefficient (Wildman–Crippen LogP) is 3.69. The van der Waals surface area contributed by atoms with Crippen LogP contribution in [0.15, 0.2) is 48.5 Å². The van der Waals surface area contributed by atoms with Gasteiger partial charge in [-0.3, -0.25) is 20.4 Å². The van der Waals surface area contributed by atoms with Crippen molar-refractivity contribution in [2.24, 2.45) is 5.92 Å². The van der Waals surface area contributed by atoms with Gasteiger partial charge in [0.1, 0.15) is 0 Å². The number of hydrogen-bond acceptors (Lipinski definition) is 3. The summed E-state index contributed by atoms with van der Waals surface area (Å²) in [5.41, 5.74) is 10.3. The number of fused-ring (bicyclic) bond motifs is 1. The number of hydrazine groups is 1. The molecule has 136 valence electrons. The molecular formula is C22H21N3O2. The number of aromatic nitrogens is 1. The van der Waals surface area contributed by atoms with Crippen LogP contribution < -0.4 is 10.9 Å². The van der Waals surface area contributed by atoms with Crippen molar-refractivity contribution >= 4 is 22.7 Å². The van der Waals surface area contributed by atoms with Gasteiger partial charge in [0.15, 0.2) is 0 Å². The van der Waals surface area contributed by atoms with E-state index in [4.69, 9.17) is 4.98 Å². The average molecular weight is 359 g/mol. The molecule has 0 bridgehead atoms. The van der Waals surface area contributed by atoms with Crippen LogP contribution in [0.25, 0.3) is 22.2 Å². The van der Waals surface area contributed by atoms with E-state index in [-0.39, 0.29) is 17.7 Å². The average Bonchev–Trinajstić information content (AvgIpc) is 3.50. The number of nitrogens with zero attached hydrogens (tertiary/aromatic N) is 1. The van der Waals surface area contributed by atoms with Gasteiger partial charge in [-0.05, 0) is 44.4 Å². The lowest BCUT2D eigenvalue weighted by atomic mass is 9.99. The molecule has 0 atom stereocenters. The van der Waals surface area contributed by atoms with Crippen molar-refractivity contribution in [2.75, 3.05) is 0 Å². The molecule has 5 nitrogen and oxygen atoms in total. The normalized spacial score (nSPS) is 13.4. The predicted molar refractivity (Wildman–Crippen MR) is 105 cm³/mol. The molecule has 5 heteroatoms. The molecule has 1 aromatic heterocycles. The quantitative estimate of drug-likeness (QED) is 0.701. The summed E-state index contributed by atoms with van der Waals surface area (Å²) in [5.74, 6) is -0.435. The molecule has 1 aliphatic carbocycles. The van der Waals surface area contributed by atoms with Crippen LogP contribution in [-0.4, -0.2) is 16.8 Å². The minimum absolute atomic E-state index is 0.0326. The first-order valence-corrected chi connectivity index (χ1v) is 9.10. The number of aryl methyl sites for hydroxylation is 2. The zero-order valence-electron chi connectivity index (χ0n) is 15.4. The summed E-state index contributed by atoms with van der Waals surface area (Å²) in [6.45, 7) is 4.08. The Kier molecular flexibility index (Phi) is 4.36. The molecule has 2 amide bonds. The van der Waals surface area contributed by atoms with E-state index in [0.717, 1.165) is 40.6 Å². The van der Waals surface area contributed by atoms with Crippen LogP contribution in [0.1, 0.15) is 34.3 Å². The van der Waals surface area contributed by atoms with E-state index in [1.165, 1.54) is 5.56 Å². The van der Waals surface area contributed by atoms with Crippen LogP contribution >= 0.6 is 0 Å². The zero-order chi connectivity index (χ0) is 19.0. The van der Waals surface area contributed by atoms with Crippen molar-refractivity contribution in [3.8, 4) is 11.3 Å². The summed E-state index contributed by atoms with van der Waals surface area (Å²) in [6, 6.07) is 15.5. The fourth-order valence-corrected chi connectivity index (χ4v) is 3.24. The Bertz CT molecular complexity index is 1050. The topological polar surface area (TPSA) is 71.1 Å². The first-order valence-electron chi connectivity index (χ1n) is 9.10. The van der Waals surface area contributed by atoms with Crippen molar-refractivity contribution in [2.45, 2.75) is 26.7 Å². The second-order valence-corrected chi connectivity index (χ2v) is 7.11. The molecule has 4 rings (SSSR count). The van der Waals surface area contributed by atoms with Gasteiger partial charge in [0, 0.05) is 16.9 Å². The van der Waals surface area contributed by atoms with E-state index < -0.39 is 0 Å². The second kappa shape index (κ2) is 6.83. The highest BCUT2D eigenvalue weighted by molar-refractivity contribution is 6.07. The number of amides is 2. The first kappa shape index (κ1) is 17.2. The lowest BCUT2D eigenvalue weighted by molar-refractivity contribution is -0.123. The van der Waals surface area contributed by atoms with Gasteiger partial charge in [0.05, 0.1) is 16.8 Å². The van der Waals surface area contributed by atoms with E-state index in [0.29, 0.717) is 5.56 Å². The standard InChI is InChI=1S/C22H21N3O2/c1-13-7-10-16(14(2)11-13)20-12-18(17-5-3-4-6-19(17)23-20)22(27)25-24-21(26)15-8-9-15/h3-7,10-12,15H,8-9H2,1-2H3,(H,24,26)(H,25,27). The molecule has 1 saturated carbocycles. The van der Waals surface area contributed by atoms with Crippen LogP contribution in [0.2, 0.25) is 0 Å². The third-order valence-electron chi connectivity index (χ3n) is 4.87. The molecule has 0 unspecified atom stereocenters. The Balaban J connectivity index is 1.74. The fraction of sp³-hybridized carbons (Fsp3) is 0.227. The number of carbonyl (C=O) groups excluding carboxylic acids is 2. The van der Waals surface area contributed by atoms with Crippen molar-refractivity contribution < 1.29 is 9.59 Å². The number of para-hydroxylation sites is 1. The smallest absolute Gasteiger partial charge is 0.270 e. The highest BCUT2D eigenvalue weighted by Gasteiger charge is 2.30. The minimum Gasteiger partial charge on any atom is -0.273 e. The number of benzene rings is 2. The van der Waals surface area contributed by atoms with Crippen molar-refractivity contribution in [3.05, 3.63) is 65.2 Å². The molecule has 1 fully saturated rings. The zero-order valence-corrected chi connectivity index (χ0v) is 15.4. The van der Waals surface area contributed by atoms with E-state index >= 15 is 0 Å². The van der Waals surface area contributed by atoms with Gasteiger partial charge in [0.25, 0.3) is 5.91 Å². The molecule has 0 spiro atoms. The molecule has 0 radical (unpaired) electrons. The van der Waals surface area contributed by atoms with Gasteiger partial charge in [-0.1, -0.05) is 42.0 Å². The Labute approximate surface area is 157 Å². The van der Waals surface area contributed by atoms with Crippen molar-refractivity contribution in [1.82, 2.24) is 15.8 Å². The monoisotopic (exact) mass is 359 g/mol. The van der Waals surface area contributed by atoms with Gasteiger partial charge >= 0.3 is 0 Å². The largest absolute Gasteiger partial charge is 0.273 e. The molecule has 1 heterocycles. The summed E-state index contributed by atoms with van der Waals surface area (Å²) in [4.78, 5) is 29.4. The van der Waals surface area contributed by atoms with Crippen molar-refractivity contribution in [3.63, 3.8) is 0 Å². The van der Waals surface area contributed by atoms with Crippen LogP contribution in [0.5, 0.6) is 0 Å². The Morgan fingerprint density at radius 3 is 2.52 bits per heavy atom. The number of pyridine rings is 1. The fourth-order valence-electron chi connectivity index (χ4n) is 3.24. The van der Waals surface area contributed by atoms with E-state index in [2.05, 4.69) is 16.9 Å². The minimum atomic E-state index is -0.339. The SMILES string of the molecule is Cc1ccc(-c2cc(C(=O)NNC(=O)C3CC3)c3ccccc3n2)c(C)c1. The highest BCUT2D eigenvalue weighted by Crippen LogP contribution is 2.29. The molecule has 2 N–H and O–H groups in total. The molecule has 0 saturated heterocycles. The summed E-state index contributed by atoms with van der Waals surface area (Å²) in [6.07, 6.45) is 1.77. The van der Waals surface area contributed by atoms with Crippen LogP contribution in [-0.2, 0) is 4.79 Å². The first-order chi connectivity index (χ1) is 13.0. The van der Waals surface area contributed by atoms with E-state index in [1.54, 1.807) is 6.07 Å². The van der Waals surface area contributed by atoms with Crippen LogP contribution in [0.3, 0.4) is 0 Å². The Hall–Kier alpha value is -3.21. The van der Waals surface area contributed by atoms with E-state index in [9.17, 15) is 9.59 Å². The third-order valence-corrected chi connectivity index (χ3v) is 4.87.